The number of ketones is 1. The lowest BCUT2D eigenvalue weighted by atomic mass is 10.1. The fraction of sp³-hybridized carbons (Fsp3) is 0.357. The summed E-state index contributed by atoms with van der Waals surface area (Å²) in [6, 6.07) is 6.50. The van der Waals surface area contributed by atoms with Crippen LogP contribution in [-0.2, 0) is 4.79 Å². The summed E-state index contributed by atoms with van der Waals surface area (Å²) in [5.74, 6) is 1.14. The van der Waals surface area contributed by atoms with E-state index < -0.39 is 0 Å². The lowest BCUT2D eigenvalue weighted by Crippen LogP contribution is -1.85. The summed E-state index contributed by atoms with van der Waals surface area (Å²) in [5.41, 5.74) is 2.66. The van der Waals surface area contributed by atoms with Crippen LogP contribution < -0.4 is 0 Å². The van der Waals surface area contributed by atoms with Crippen molar-refractivity contribution in [2.75, 3.05) is 5.75 Å². The first-order valence-corrected chi connectivity index (χ1v) is 6.42. The number of hydrogen-bond donors (Lipinski definition) is 0. The zero-order chi connectivity index (χ0) is 12.0. The molecule has 2 heteroatoms. The number of rotatable bonds is 5. The van der Waals surface area contributed by atoms with Gasteiger partial charge in [0, 0.05) is 17.1 Å². The molecule has 0 aromatic heterocycles. The average molecular weight is 234 g/mol. The quantitative estimate of drug-likeness (QED) is 0.567. The van der Waals surface area contributed by atoms with Crippen molar-refractivity contribution in [3.05, 3.63) is 41.5 Å². The normalized spacial score (nSPS) is 10.9. The smallest absolute Gasteiger partial charge is 0.133 e. The van der Waals surface area contributed by atoms with Gasteiger partial charge in [0.05, 0.1) is 0 Å². The van der Waals surface area contributed by atoms with E-state index in [0.29, 0.717) is 6.42 Å². The maximum absolute atomic E-state index is 10.7. The van der Waals surface area contributed by atoms with E-state index in [1.165, 1.54) is 16.0 Å². The first-order valence-electron chi connectivity index (χ1n) is 5.44. The van der Waals surface area contributed by atoms with Crippen LogP contribution >= 0.6 is 11.8 Å². The summed E-state index contributed by atoms with van der Waals surface area (Å²) in [4.78, 5) is 12.0. The molecular formula is C14H18OS. The third kappa shape index (κ3) is 4.67. The number of benzene rings is 1. The van der Waals surface area contributed by atoms with Crippen LogP contribution in [0.1, 0.15) is 24.5 Å². The van der Waals surface area contributed by atoms with E-state index in [-0.39, 0.29) is 5.78 Å². The molecule has 0 saturated carbocycles. The van der Waals surface area contributed by atoms with Gasteiger partial charge in [-0.05, 0) is 44.0 Å². The summed E-state index contributed by atoms with van der Waals surface area (Å²) < 4.78 is 0. The van der Waals surface area contributed by atoms with Crippen LogP contribution in [0.25, 0.3) is 0 Å². The highest BCUT2D eigenvalue weighted by Crippen LogP contribution is 2.20. The van der Waals surface area contributed by atoms with Gasteiger partial charge in [-0.15, -0.1) is 11.8 Å². The number of allylic oxidation sites excluding steroid dienone is 1. The molecule has 0 saturated heterocycles. The minimum atomic E-state index is 0.215. The van der Waals surface area contributed by atoms with Gasteiger partial charge >= 0.3 is 0 Å². The van der Waals surface area contributed by atoms with E-state index in [1.807, 2.05) is 6.08 Å². The largest absolute Gasteiger partial charge is 0.300 e. The molecule has 86 valence electrons. The summed E-state index contributed by atoms with van der Waals surface area (Å²) >= 11 is 1.80. The van der Waals surface area contributed by atoms with Crippen LogP contribution in [0.3, 0.4) is 0 Å². The van der Waals surface area contributed by atoms with Crippen LogP contribution in [0, 0.1) is 13.8 Å². The summed E-state index contributed by atoms with van der Waals surface area (Å²) in [6.07, 6.45) is 4.55. The Balaban J connectivity index is 2.40. The first-order chi connectivity index (χ1) is 7.59. The summed E-state index contributed by atoms with van der Waals surface area (Å²) in [7, 11) is 0. The Labute approximate surface area is 102 Å². The molecular weight excluding hydrogens is 216 g/mol. The number of aryl methyl sites for hydroxylation is 2. The number of carbonyl (C=O) groups excluding carboxylic acids is 1. The number of hydrogen-bond acceptors (Lipinski definition) is 2. The molecule has 1 rings (SSSR count). The zero-order valence-corrected chi connectivity index (χ0v) is 10.9. The highest BCUT2D eigenvalue weighted by atomic mass is 32.2. The Hall–Kier alpha value is -1.02. The predicted octanol–water partition coefficient (Wildman–Crippen LogP) is 3.93. The summed E-state index contributed by atoms with van der Waals surface area (Å²) in [6.45, 7) is 5.86. The lowest BCUT2D eigenvalue weighted by molar-refractivity contribution is -0.116. The molecule has 0 aliphatic rings. The fourth-order valence-electron chi connectivity index (χ4n) is 1.27. The predicted molar refractivity (Wildman–Crippen MR) is 71.1 cm³/mol. The molecule has 1 aromatic rings. The Morgan fingerprint density at radius 1 is 1.25 bits per heavy atom. The second-order valence-electron chi connectivity index (χ2n) is 3.93. The molecule has 0 bridgehead atoms. The van der Waals surface area contributed by atoms with E-state index in [2.05, 4.69) is 38.1 Å². The second-order valence-corrected chi connectivity index (χ2v) is 5.03. The molecule has 0 aliphatic heterocycles. The van der Waals surface area contributed by atoms with Crippen molar-refractivity contribution in [1.29, 1.82) is 0 Å². The first kappa shape index (κ1) is 13.0. The molecule has 1 aromatic carbocycles. The molecule has 0 amide bonds. The molecule has 0 fully saturated rings. The van der Waals surface area contributed by atoms with E-state index >= 15 is 0 Å². The van der Waals surface area contributed by atoms with Gasteiger partial charge in [-0.1, -0.05) is 18.2 Å². The van der Waals surface area contributed by atoms with Crippen LogP contribution in [0.5, 0.6) is 0 Å². The van der Waals surface area contributed by atoms with Crippen molar-refractivity contribution >= 4 is 17.5 Å². The Morgan fingerprint density at radius 3 is 2.62 bits per heavy atom. The monoisotopic (exact) mass is 234 g/mol. The van der Waals surface area contributed by atoms with Gasteiger partial charge in [0.1, 0.15) is 5.78 Å². The van der Waals surface area contributed by atoms with E-state index in [1.54, 1.807) is 18.7 Å². The minimum Gasteiger partial charge on any atom is -0.300 e. The van der Waals surface area contributed by atoms with Crippen molar-refractivity contribution in [3.63, 3.8) is 0 Å². The molecule has 0 radical (unpaired) electrons. The number of carbonyl (C=O) groups is 1. The zero-order valence-electron chi connectivity index (χ0n) is 10.1. The highest BCUT2D eigenvalue weighted by Gasteiger charge is 1.95. The van der Waals surface area contributed by atoms with Gasteiger partial charge in [-0.25, -0.2) is 0 Å². The van der Waals surface area contributed by atoms with Crippen molar-refractivity contribution in [3.8, 4) is 0 Å². The standard InChI is InChI=1S/C14H18OS/c1-11-7-8-14(10-12(11)2)16-9-5-4-6-13(3)15/h4-5,7-8,10H,6,9H2,1-3H3/b5-4+. The van der Waals surface area contributed by atoms with E-state index in [9.17, 15) is 4.79 Å². The molecule has 0 heterocycles. The third-order valence-corrected chi connectivity index (χ3v) is 3.34. The Kier molecular flexibility index (Phi) is 5.33. The number of thioether (sulfide) groups is 1. The van der Waals surface area contributed by atoms with Crippen molar-refractivity contribution in [1.82, 2.24) is 0 Å². The third-order valence-electron chi connectivity index (χ3n) is 2.40. The van der Waals surface area contributed by atoms with Gasteiger partial charge in [0.2, 0.25) is 0 Å². The summed E-state index contributed by atoms with van der Waals surface area (Å²) in [5, 5.41) is 0. The van der Waals surface area contributed by atoms with Crippen molar-refractivity contribution < 1.29 is 4.79 Å². The van der Waals surface area contributed by atoms with E-state index in [4.69, 9.17) is 0 Å². The SMILES string of the molecule is CC(=O)C/C=C/CSc1ccc(C)c(C)c1. The maximum Gasteiger partial charge on any atom is 0.133 e. The van der Waals surface area contributed by atoms with Gasteiger partial charge in [-0.3, -0.25) is 4.79 Å². The van der Waals surface area contributed by atoms with Crippen LogP contribution in [0.15, 0.2) is 35.2 Å². The van der Waals surface area contributed by atoms with Crippen LogP contribution in [0.2, 0.25) is 0 Å². The highest BCUT2D eigenvalue weighted by molar-refractivity contribution is 7.99. The van der Waals surface area contributed by atoms with Crippen molar-refractivity contribution in [2.24, 2.45) is 0 Å². The van der Waals surface area contributed by atoms with Crippen LogP contribution in [0.4, 0.5) is 0 Å². The van der Waals surface area contributed by atoms with Gasteiger partial charge in [0.15, 0.2) is 0 Å². The molecule has 0 spiro atoms. The average Bonchev–Trinajstić information content (AvgIpc) is 2.22. The fourth-order valence-corrected chi connectivity index (χ4v) is 2.11. The molecule has 0 aliphatic carbocycles. The molecule has 0 atom stereocenters. The topological polar surface area (TPSA) is 17.1 Å². The van der Waals surface area contributed by atoms with E-state index in [0.717, 1.165) is 5.75 Å². The van der Waals surface area contributed by atoms with Gasteiger partial charge in [0.25, 0.3) is 0 Å². The van der Waals surface area contributed by atoms with Gasteiger partial charge < -0.3 is 0 Å². The molecule has 0 N–H and O–H groups in total. The Morgan fingerprint density at radius 2 is 2.00 bits per heavy atom. The van der Waals surface area contributed by atoms with Gasteiger partial charge in [-0.2, -0.15) is 0 Å². The molecule has 0 unspecified atom stereocenters. The lowest BCUT2D eigenvalue weighted by Gasteiger charge is -2.03. The maximum atomic E-state index is 10.7. The van der Waals surface area contributed by atoms with Crippen LogP contribution in [-0.4, -0.2) is 11.5 Å². The number of Topliss-reactive ketones (excluding diaryl/α,β-unsaturated/α-hetero) is 1. The molecule has 16 heavy (non-hydrogen) atoms. The minimum absolute atomic E-state index is 0.215. The Bertz CT molecular complexity index is 394. The molecule has 1 nitrogen and oxygen atoms in total. The van der Waals surface area contributed by atoms with Crippen molar-refractivity contribution in [2.45, 2.75) is 32.1 Å². The second kappa shape index (κ2) is 6.54.